The number of aryl methyl sites for hydroxylation is 1. The van der Waals surface area contributed by atoms with Crippen molar-refractivity contribution in [1.29, 1.82) is 0 Å². The number of H-pyrrole nitrogens is 1. The Bertz CT molecular complexity index is 1600. The first-order valence-corrected chi connectivity index (χ1v) is 12.2. The highest BCUT2D eigenvalue weighted by atomic mass is 19.1. The topological polar surface area (TPSA) is 87.5 Å². The lowest BCUT2D eigenvalue weighted by Gasteiger charge is -2.31. The van der Waals surface area contributed by atoms with Crippen LogP contribution >= 0.6 is 0 Å². The van der Waals surface area contributed by atoms with Gasteiger partial charge in [-0.1, -0.05) is 6.07 Å². The number of fused-ring (bicyclic) bond motifs is 1. The number of nitrogen functional groups attached to an aromatic ring is 1. The smallest absolute Gasteiger partial charge is 0.259 e. The first-order valence-electron chi connectivity index (χ1n) is 12.2. The summed E-state index contributed by atoms with van der Waals surface area (Å²) in [5.41, 5.74) is 8.11. The van der Waals surface area contributed by atoms with Gasteiger partial charge in [0.25, 0.3) is 5.56 Å². The minimum absolute atomic E-state index is 0.0315. The largest absolute Gasteiger partial charge is 0.383 e. The van der Waals surface area contributed by atoms with Crippen molar-refractivity contribution in [2.45, 2.75) is 13.5 Å². The molecule has 2 aromatic carbocycles. The third-order valence-corrected chi connectivity index (χ3v) is 6.68. The molecule has 10 heteroatoms. The summed E-state index contributed by atoms with van der Waals surface area (Å²) in [5, 5.41) is -0.576. The normalized spacial score (nSPS) is 14.0. The van der Waals surface area contributed by atoms with Gasteiger partial charge in [0, 0.05) is 53.1 Å². The highest BCUT2D eigenvalue weighted by Crippen LogP contribution is 2.37. The van der Waals surface area contributed by atoms with Gasteiger partial charge in [0.05, 0.1) is 18.6 Å². The van der Waals surface area contributed by atoms with E-state index in [0.29, 0.717) is 31.0 Å². The van der Waals surface area contributed by atoms with E-state index in [1.54, 1.807) is 13.0 Å². The van der Waals surface area contributed by atoms with Crippen LogP contribution in [-0.4, -0.2) is 55.3 Å². The van der Waals surface area contributed by atoms with E-state index >= 15 is 8.78 Å². The molecule has 7 nitrogen and oxygen atoms in total. The number of nitrogens with two attached hydrogens (primary N) is 1. The predicted octanol–water partition coefficient (Wildman–Crippen LogP) is 4.46. The minimum Gasteiger partial charge on any atom is -0.383 e. The Morgan fingerprint density at radius 2 is 1.79 bits per heavy atom. The number of benzene rings is 2. The molecule has 0 aliphatic carbocycles. The molecule has 0 spiro atoms. The van der Waals surface area contributed by atoms with Crippen molar-refractivity contribution in [3.63, 3.8) is 0 Å². The molecule has 38 heavy (non-hydrogen) atoms. The van der Waals surface area contributed by atoms with Gasteiger partial charge in [0.15, 0.2) is 0 Å². The first kappa shape index (κ1) is 25.7. The molecule has 1 aliphatic rings. The van der Waals surface area contributed by atoms with Crippen LogP contribution in [0, 0.1) is 24.5 Å². The average Bonchev–Trinajstić information content (AvgIpc) is 2.86. The Labute approximate surface area is 217 Å². The number of hydrogen-bond donors (Lipinski definition) is 2. The van der Waals surface area contributed by atoms with E-state index in [1.807, 2.05) is 31.1 Å². The van der Waals surface area contributed by atoms with Crippen molar-refractivity contribution < 1.29 is 17.9 Å². The van der Waals surface area contributed by atoms with E-state index in [-0.39, 0.29) is 27.9 Å². The third-order valence-electron chi connectivity index (χ3n) is 6.68. The zero-order chi connectivity index (χ0) is 27.1. The molecule has 1 aliphatic heterocycles. The second-order valence-corrected chi connectivity index (χ2v) is 9.73. The van der Waals surface area contributed by atoms with Gasteiger partial charge >= 0.3 is 0 Å². The molecule has 1 fully saturated rings. The molecule has 1 saturated heterocycles. The molecule has 0 bridgehead atoms. The van der Waals surface area contributed by atoms with Crippen molar-refractivity contribution in [3.05, 3.63) is 75.6 Å². The zero-order valence-electron chi connectivity index (χ0n) is 21.4. The molecular weight excluding hydrogens is 495 g/mol. The van der Waals surface area contributed by atoms with Crippen LogP contribution in [0.1, 0.15) is 11.3 Å². The number of aromatic nitrogens is 2. The lowest BCUT2D eigenvalue weighted by atomic mass is 9.96. The fourth-order valence-corrected chi connectivity index (χ4v) is 4.96. The molecule has 0 amide bonds. The molecule has 2 aromatic heterocycles. The van der Waals surface area contributed by atoms with Crippen molar-refractivity contribution in [2.24, 2.45) is 0 Å². The number of nitrogens with one attached hydrogen (secondary N) is 1. The highest BCUT2D eigenvalue weighted by Gasteiger charge is 2.22. The summed E-state index contributed by atoms with van der Waals surface area (Å²) in [4.78, 5) is 22.8. The number of nitrogens with zero attached hydrogens (tertiary/aromatic N) is 3. The van der Waals surface area contributed by atoms with E-state index in [4.69, 9.17) is 10.5 Å². The van der Waals surface area contributed by atoms with Gasteiger partial charge < -0.3 is 25.3 Å². The number of ether oxygens (including phenoxy) is 1. The summed E-state index contributed by atoms with van der Waals surface area (Å²) >= 11 is 0. The number of pyridine rings is 2. The summed E-state index contributed by atoms with van der Waals surface area (Å²) in [5.74, 6) is -2.86. The SMILES string of the molecule is Cc1cc2c(F)c(-c3cc(-c4ccc(N5CCOCC5)c(CN(C)C)c4)c(F)nc3N)cc(F)c2c(=O)[nH]1. The van der Waals surface area contributed by atoms with Crippen LogP contribution in [0.4, 0.5) is 24.7 Å². The summed E-state index contributed by atoms with van der Waals surface area (Å²) in [6, 6.07) is 9.22. The molecule has 3 heterocycles. The maximum Gasteiger partial charge on any atom is 0.259 e. The van der Waals surface area contributed by atoms with E-state index in [0.717, 1.165) is 30.4 Å². The monoisotopic (exact) mass is 523 g/mol. The maximum atomic E-state index is 15.7. The van der Waals surface area contributed by atoms with Crippen molar-refractivity contribution in [2.75, 3.05) is 51.0 Å². The number of halogens is 3. The number of morpholine rings is 1. The Kier molecular flexibility index (Phi) is 6.85. The van der Waals surface area contributed by atoms with Gasteiger partial charge in [-0.2, -0.15) is 4.39 Å². The Morgan fingerprint density at radius 3 is 2.50 bits per heavy atom. The number of rotatable bonds is 5. The fraction of sp³-hybridized carbons (Fsp3) is 0.286. The number of hydrogen-bond acceptors (Lipinski definition) is 6. The Morgan fingerprint density at radius 1 is 1.05 bits per heavy atom. The molecule has 0 atom stereocenters. The summed E-state index contributed by atoms with van der Waals surface area (Å²) in [6.07, 6.45) is 0. The van der Waals surface area contributed by atoms with E-state index in [2.05, 4.69) is 14.9 Å². The van der Waals surface area contributed by atoms with Crippen LogP contribution in [0.5, 0.6) is 0 Å². The molecule has 198 valence electrons. The van der Waals surface area contributed by atoms with Crippen LogP contribution in [-0.2, 0) is 11.3 Å². The molecule has 0 unspecified atom stereocenters. The first-order chi connectivity index (χ1) is 18.1. The van der Waals surface area contributed by atoms with Crippen molar-refractivity contribution >= 4 is 22.3 Å². The van der Waals surface area contributed by atoms with E-state index < -0.39 is 28.5 Å². The average molecular weight is 524 g/mol. The van der Waals surface area contributed by atoms with Gasteiger partial charge in [-0.25, -0.2) is 13.8 Å². The van der Waals surface area contributed by atoms with E-state index in [1.165, 1.54) is 12.1 Å². The van der Waals surface area contributed by atoms with Gasteiger partial charge in [0.1, 0.15) is 17.5 Å². The quantitative estimate of drug-likeness (QED) is 0.376. The molecule has 3 N–H and O–H groups in total. The van der Waals surface area contributed by atoms with Gasteiger partial charge in [-0.3, -0.25) is 4.79 Å². The van der Waals surface area contributed by atoms with E-state index in [9.17, 15) is 9.18 Å². The van der Waals surface area contributed by atoms with Crippen LogP contribution < -0.4 is 16.2 Å². The lowest BCUT2D eigenvalue weighted by molar-refractivity contribution is 0.122. The number of anilines is 2. The van der Waals surface area contributed by atoms with Crippen LogP contribution in [0.15, 0.2) is 41.2 Å². The minimum atomic E-state index is -0.911. The standard InChI is InChI=1S/C28H28F3N5O2/c1-15-10-21-24(28(37)33-15)22(29)13-19(25(21)30)20-12-18(26(31)34-27(20)32)16-4-5-23(17(11-16)14-35(2)3)36-6-8-38-9-7-36/h4-5,10-13H,6-9,14H2,1-3H3,(H2,32,34)(H,33,37). The second kappa shape index (κ2) is 10.1. The van der Waals surface area contributed by atoms with Crippen LogP contribution in [0.3, 0.4) is 0 Å². The molecule has 4 aromatic rings. The third kappa shape index (κ3) is 4.72. The molecule has 0 radical (unpaired) electrons. The Hall–Kier alpha value is -3.89. The fourth-order valence-electron chi connectivity index (χ4n) is 4.96. The maximum absolute atomic E-state index is 15.7. The predicted molar refractivity (Wildman–Crippen MR) is 143 cm³/mol. The van der Waals surface area contributed by atoms with Gasteiger partial charge in [-0.15, -0.1) is 0 Å². The van der Waals surface area contributed by atoms with Crippen LogP contribution in [0.25, 0.3) is 33.0 Å². The molecule has 5 rings (SSSR count). The van der Waals surface area contributed by atoms with Crippen molar-refractivity contribution in [3.8, 4) is 22.3 Å². The van der Waals surface area contributed by atoms with Gasteiger partial charge in [-0.05, 0) is 62.5 Å². The van der Waals surface area contributed by atoms with Crippen molar-refractivity contribution in [1.82, 2.24) is 14.9 Å². The summed E-state index contributed by atoms with van der Waals surface area (Å²) in [6.45, 7) is 4.93. The molecular formula is C28H28F3N5O2. The highest BCUT2D eigenvalue weighted by molar-refractivity contribution is 5.91. The second-order valence-electron chi connectivity index (χ2n) is 9.73. The molecule has 0 saturated carbocycles. The van der Waals surface area contributed by atoms with Crippen LogP contribution in [0.2, 0.25) is 0 Å². The summed E-state index contributed by atoms with van der Waals surface area (Å²) < 4.78 is 51.3. The Balaban J connectivity index is 1.66. The number of aromatic amines is 1. The summed E-state index contributed by atoms with van der Waals surface area (Å²) in [7, 11) is 3.89. The van der Waals surface area contributed by atoms with Gasteiger partial charge in [0.2, 0.25) is 5.95 Å². The zero-order valence-corrected chi connectivity index (χ0v) is 21.4. The lowest BCUT2D eigenvalue weighted by Crippen LogP contribution is -2.37.